The largest absolute Gasteiger partial charge is 0.506 e. The van der Waals surface area contributed by atoms with Gasteiger partial charge in [0.1, 0.15) is 5.75 Å². The van der Waals surface area contributed by atoms with Gasteiger partial charge in [-0.15, -0.1) is 0 Å². The zero-order valence-electron chi connectivity index (χ0n) is 6.76. The van der Waals surface area contributed by atoms with Gasteiger partial charge in [0.15, 0.2) is 0 Å². The number of nitrogen functional groups attached to an aromatic ring is 1. The summed E-state index contributed by atoms with van der Waals surface area (Å²) in [5, 5.41) is 10.3. The molecule has 0 aliphatic heterocycles. The van der Waals surface area contributed by atoms with Gasteiger partial charge in [-0.05, 0) is 25.1 Å². The lowest BCUT2D eigenvalue weighted by Crippen LogP contribution is -1.84. The molecule has 0 unspecified atom stereocenters. The molecule has 3 heteroatoms. The predicted molar refractivity (Wildman–Crippen MR) is 49.1 cm³/mol. The first-order chi connectivity index (χ1) is 5.66. The number of aromatic nitrogens is 1. The highest BCUT2D eigenvalue weighted by Gasteiger charge is 2.01. The van der Waals surface area contributed by atoms with Crippen molar-refractivity contribution in [1.82, 2.24) is 4.98 Å². The number of nitrogens with one attached hydrogen (secondary N) is 1. The van der Waals surface area contributed by atoms with Gasteiger partial charge in [0.25, 0.3) is 0 Å². The highest BCUT2D eigenvalue weighted by atomic mass is 16.3. The van der Waals surface area contributed by atoms with E-state index in [0.717, 1.165) is 16.6 Å². The number of phenols is 1. The van der Waals surface area contributed by atoms with E-state index < -0.39 is 0 Å². The lowest BCUT2D eigenvalue weighted by Gasteiger charge is -1.97. The topological polar surface area (TPSA) is 62.0 Å². The lowest BCUT2D eigenvalue weighted by atomic mass is 10.2. The number of H-pyrrole nitrogens is 1. The third-order valence-electron chi connectivity index (χ3n) is 1.90. The average molecular weight is 162 g/mol. The normalized spacial score (nSPS) is 10.8. The molecule has 62 valence electrons. The highest BCUT2D eigenvalue weighted by Crippen LogP contribution is 2.26. The van der Waals surface area contributed by atoms with Crippen molar-refractivity contribution in [2.24, 2.45) is 0 Å². The van der Waals surface area contributed by atoms with Gasteiger partial charge in [-0.3, -0.25) is 0 Å². The number of fused-ring (bicyclic) bond motifs is 1. The molecule has 0 radical (unpaired) electrons. The van der Waals surface area contributed by atoms with E-state index in [0.29, 0.717) is 5.69 Å². The Morgan fingerprint density at radius 1 is 1.33 bits per heavy atom. The van der Waals surface area contributed by atoms with Gasteiger partial charge in [-0.2, -0.15) is 0 Å². The first kappa shape index (κ1) is 7.03. The molecule has 0 amide bonds. The zero-order chi connectivity index (χ0) is 8.72. The smallest absolute Gasteiger partial charge is 0.139 e. The van der Waals surface area contributed by atoms with Gasteiger partial charge in [-0.1, -0.05) is 0 Å². The fraction of sp³-hybridized carbons (Fsp3) is 0.111. The summed E-state index contributed by atoms with van der Waals surface area (Å²) in [5.41, 5.74) is 7.96. The van der Waals surface area contributed by atoms with Crippen molar-refractivity contribution in [3.05, 3.63) is 23.9 Å². The van der Waals surface area contributed by atoms with Gasteiger partial charge < -0.3 is 15.8 Å². The number of anilines is 1. The van der Waals surface area contributed by atoms with Crippen LogP contribution in [0.3, 0.4) is 0 Å². The maximum absolute atomic E-state index is 9.29. The van der Waals surface area contributed by atoms with Crippen LogP contribution >= 0.6 is 0 Å². The van der Waals surface area contributed by atoms with Gasteiger partial charge in [0.05, 0.1) is 5.69 Å². The third-order valence-corrected chi connectivity index (χ3v) is 1.90. The number of aryl methyl sites for hydroxylation is 1. The van der Waals surface area contributed by atoms with Crippen LogP contribution in [0.15, 0.2) is 18.2 Å². The van der Waals surface area contributed by atoms with Gasteiger partial charge in [0.2, 0.25) is 0 Å². The second-order valence-corrected chi connectivity index (χ2v) is 2.95. The Kier molecular flexibility index (Phi) is 1.27. The van der Waals surface area contributed by atoms with E-state index >= 15 is 0 Å². The Labute approximate surface area is 69.8 Å². The molecule has 1 aromatic heterocycles. The predicted octanol–water partition coefficient (Wildman–Crippen LogP) is 1.76. The van der Waals surface area contributed by atoms with E-state index in [1.54, 1.807) is 12.1 Å². The van der Waals surface area contributed by atoms with Crippen molar-refractivity contribution in [2.75, 3.05) is 5.73 Å². The standard InChI is InChI=1S/C9H10N2O/c1-5-2-6-3-9(12)7(10)4-8(6)11-5/h2-4,11-12H,10H2,1H3. The van der Waals surface area contributed by atoms with Crippen molar-refractivity contribution in [3.8, 4) is 5.75 Å². The second-order valence-electron chi connectivity index (χ2n) is 2.95. The minimum atomic E-state index is 0.140. The summed E-state index contributed by atoms with van der Waals surface area (Å²) in [7, 11) is 0. The summed E-state index contributed by atoms with van der Waals surface area (Å²) in [5.74, 6) is 0.140. The quantitative estimate of drug-likeness (QED) is 0.408. The molecule has 1 heterocycles. The summed E-state index contributed by atoms with van der Waals surface area (Å²) < 4.78 is 0. The molecule has 1 aromatic carbocycles. The molecular weight excluding hydrogens is 152 g/mol. The maximum atomic E-state index is 9.29. The molecular formula is C9H10N2O. The maximum Gasteiger partial charge on any atom is 0.139 e. The Morgan fingerprint density at radius 3 is 2.83 bits per heavy atom. The molecule has 4 N–H and O–H groups in total. The molecule has 0 saturated heterocycles. The monoisotopic (exact) mass is 162 g/mol. The van der Waals surface area contributed by atoms with Crippen LogP contribution in [0.5, 0.6) is 5.75 Å². The number of nitrogens with two attached hydrogens (primary N) is 1. The number of aromatic hydroxyl groups is 1. The van der Waals surface area contributed by atoms with Crippen LogP contribution in [0.4, 0.5) is 5.69 Å². The Balaban J connectivity index is 2.83. The summed E-state index contributed by atoms with van der Waals surface area (Å²) in [4.78, 5) is 3.14. The van der Waals surface area contributed by atoms with Gasteiger partial charge >= 0.3 is 0 Å². The molecule has 0 aliphatic rings. The third kappa shape index (κ3) is 0.906. The lowest BCUT2D eigenvalue weighted by molar-refractivity contribution is 0.479. The molecule has 0 bridgehead atoms. The number of hydrogen-bond donors (Lipinski definition) is 3. The van der Waals surface area contributed by atoms with Crippen LogP contribution in [0.25, 0.3) is 10.9 Å². The molecule has 0 atom stereocenters. The first-order valence-electron chi connectivity index (χ1n) is 3.74. The molecule has 12 heavy (non-hydrogen) atoms. The summed E-state index contributed by atoms with van der Waals surface area (Å²) >= 11 is 0. The van der Waals surface area contributed by atoms with E-state index in [2.05, 4.69) is 4.98 Å². The van der Waals surface area contributed by atoms with Crippen molar-refractivity contribution in [2.45, 2.75) is 6.92 Å². The second kappa shape index (κ2) is 2.17. The minimum absolute atomic E-state index is 0.140. The zero-order valence-corrected chi connectivity index (χ0v) is 6.76. The van der Waals surface area contributed by atoms with E-state index in [1.807, 2.05) is 13.0 Å². The number of benzene rings is 1. The minimum Gasteiger partial charge on any atom is -0.506 e. The molecule has 2 aromatic rings. The molecule has 0 fully saturated rings. The van der Waals surface area contributed by atoms with Crippen molar-refractivity contribution in [1.29, 1.82) is 0 Å². The number of phenolic OH excluding ortho intramolecular Hbond substituents is 1. The van der Waals surface area contributed by atoms with E-state index in [9.17, 15) is 5.11 Å². The molecule has 3 nitrogen and oxygen atoms in total. The number of hydrogen-bond acceptors (Lipinski definition) is 2. The number of rotatable bonds is 0. The Morgan fingerprint density at radius 2 is 2.08 bits per heavy atom. The van der Waals surface area contributed by atoms with Crippen LogP contribution < -0.4 is 5.73 Å². The Bertz CT molecular complexity index is 392. The highest BCUT2D eigenvalue weighted by molar-refractivity contribution is 5.86. The van der Waals surface area contributed by atoms with Crippen LogP contribution in [0.1, 0.15) is 5.69 Å². The average Bonchev–Trinajstić information content (AvgIpc) is 2.30. The summed E-state index contributed by atoms with van der Waals surface area (Å²) in [6.45, 7) is 1.97. The summed E-state index contributed by atoms with van der Waals surface area (Å²) in [6.07, 6.45) is 0. The molecule has 0 aliphatic carbocycles. The van der Waals surface area contributed by atoms with Crippen LogP contribution in [-0.4, -0.2) is 10.1 Å². The Hall–Kier alpha value is -1.64. The van der Waals surface area contributed by atoms with Crippen LogP contribution in [-0.2, 0) is 0 Å². The number of aromatic amines is 1. The van der Waals surface area contributed by atoms with Crippen LogP contribution in [0.2, 0.25) is 0 Å². The SMILES string of the molecule is Cc1cc2cc(O)c(N)cc2[nH]1. The fourth-order valence-electron chi connectivity index (χ4n) is 1.33. The van der Waals surface area contributed by atoms with E-state index in [4.69, 9.17) is 5.73 Å². The van der Waals surface area contributed by atoms with Gasteiger partial charge in [-0.25, -0.2) is 0 Å². The van der Waals surface area contributed by atoms with Crippen molar-refractivity contribution < 1.29 is 5.11 Å². The van der Waals surface area contributed by atoms with Crippen molar-refractivity contribution >= 4 is 16.6 Å². The van der Waals surface area contributed by atoms with E-state index in [-0.39, 0.29) is 5.75 Å². The fourth-order valence-corrected chi connectivity index (χ4v) is 1.33. The van der Waals surface area contributed by atoms with Crippen molar-refractivity contribution in [3.63, 3.8) is 0 Å². The molecule has 0 saturated carbocycles. The first-order valence-corrected chi connectivity index (χ1v) is 3.74. The molecule has 0 spiro atoms. The molecule has 2 rings (SSSR count). The van der Waals surface area contributed by atoms with E-state index in [1.165, 1.54) is 0 Å². The van der Waals surface area contributed by atoms with Crippen LogP contribution in [0, 0.1) is 6.92 Å². The summed E-state index contributed by atoms with van der Waals surface area (Å²) in [6, 6.07) is 5.36. The van der Waals surface area contributed by atoms with Gasteiger partial charge in [0, 0.05) is 16.6 Å².